The standard InChI is InChI=1S/C13H12N4/c14-13-6-5-12(16-17-13)10-3-4-11-9(8-10)2-1-7-15-11/h1-4,7-8H,5-6H2,(H2,14,17). The van der Waals surface area contributed by atoms with Crippen molar-refractivity contribution in [1.29, 1.82) is 0 Å². The average molecular weight is 224 g/mol. The molecule has 4 nitrogen and oxygen atoms in total. The van der Waals surface area contributed by atoms with Crippen molar-refractivity contribution in [3.8, 4) is 0 Å². The van der Waals surface area contributed by atoms with Crippen LogP contribution in [0.1, 0.15) is 18.4 Å². The van der Waals surface area contributed by atoms with E-state index < -0.39 is 0 Å². The summed E-state index contributed by atoms with van der Waals surface area (Å²) in [5.74, 6) is 0.608. The van der Waals surface area contributed by atoms with Gasteiger partial charge >= 0.3 is 0 Å². The van der Waals surface area contributed by atoms with Gasteiger partial charge in [0.05, 0.1) is 11.2 Å². The minimum Gasteiger partial charge on any atom is -0.386 e. The fourth-order valence-electron chi connectivity index (χ4n) is 1.93. The molecule has 0 bridgehead atoms. The molecule has 1 aromatic heterocycles. The lowest BCUT2D eigenvalue weighted by atomic mass is 10.0. The predicted octanol–water partition coefficient (Wildman–Crippen LogP) is 2.09. The van der Waals surface area contributed by atoms with Crippen molar-refractivity contribution in [1.82, 2.24) is 4.98 Å². The molecule has 4 heteroatoms. The maximum Gasteiger partial charge on any atom is 0.122 e. The predicted molar refractivity (Wildman–Crippen MR) is 69.1 cm³/mol. The number of nitrogens with zero attached hydrogens (tertiary/aromatic N) is 3. The van der Waals surface area contributed by atoms with Crippen molar-refractivity contribution in [3.63, 3.8) is 0 Å². The molecule has 0 unspecified atom stereocenters. The highest BCUT2D eigenvalue weighted by Gasteiger charge is 2.10. The van der Waals surface area contributed by atoms with E-state index in [-0.39, 0.29) is 0 Å². The molecule has 0 fully saturated rings. The lowest BCUT2D eigenvalue weighted by molar-refractivity contribution is 1.02. The first kappa shape index (κ1) is 9.96. The van der Waals surface area contributed by atoms with E-state index in [4.69, 9.17) is 5.73 Å². The van der Waals surface area contributed by atoms with Gasteiger partial charge in [0.25, 0.3) is 0 Å². The second-order valence-electron chi connectivity index (χ2n) is 4.05. The first-order chi connectivity index (χ1) is 8.33. The molecule has 0 radical (unpaired) electrons. The average Bonchev–Trinajstić information content (AvgIpc) is 2.39. The SMILES string of the molecule is NC1=NN=C(c2ccc3ncccc3c2)CC1. The number of aromatic nitrogens is 1. The van der Waals surface area contributed by atoms with Gasteiger partial charge in [-0.2, -0.15) is 5.10 Å². The Kier molecular flexibility index (Phi) is 2.33. The molecule has 84 valence electrons. The van der Waals surface area contributed by atoms with Crippen LogP contribution < -0.4 is 5.73 Å². The van der Waals surface area contributed by atoms with Crippen LogP contribution in [0.25, 0.3) is 10.9 Å². The topological polar surface area (TPSA) is 63.6 Å². The van der Waals surface area contributed by atoms with Gasteiger partial charge in [-0.25, -0.2) is 0 Å². The maximum atomic E-state index is 5.60. The third-order valence-corrected chi connectivity index (χ3v) is 2.85. The number of hydrogen-bond donors (Lipinski definition) is 1. The highest BCUT2D eigenvalue weighted by molar-refractivity contribution is 6.05. The van der Waals surface area contributed by atoms with Crippen LogP contribution >= 0.6 is 0 Å². The molecule has 0 spiro atoms. The molecule has 2 N–H and O–H groups in total. The van der Waals surface area contributed by atoms with Crippen LogP contribution in [0.5, 0.6) is 0 Å². The number of nitrogens with two attached hydrogens (primary N) is 1. The first-order valence-electron chi connectivity index (χ1n) is 5.57. The minimum atomic E-state index is 0.608. The van der Waals surface area contributed by atoms with Crippen LogP contribution in [0.3, 0.4) is 0 Å². The molecule has 0 saturated heterocycles. The van der Waals surface area contributed by atoms with Gasteiger partial charge in [0, 0.05) is 18.0 Å². The van der Waals surface area contributed by atoms with E-state index in [0.717, 1.165) is 35.0 Å². The molecule has 2 heterocycles. The zero-order valence-electron chi connectivity index (χ0n) is 9.30. The number of fused-ring (bicyclic) bond motifs is 1. The van der Waals surface area contributed by atoms with Crippen LogP contribution in [0.4, 0.5) is 0 Å². The second kappa shape index (κ2) is 3.97. The normalized spacial score (nSPS) is 15.5. The van der Waals surface area contributed by atoms with Crippen molar-refractivity contribution < 1.29 is 0 Å². The van der Waals surface area contributed by atoms with Crippen LogP contribution in [0.15, 0.2) is 46.7 Å². The molecule has 17 heavy (non-hydrogen) atoms. The van der Waals surface area contributed by atoms with Crippen LogP contribution in [-0.4, -0.2) is 16.5 Å². The van der Waals surface area contributed by atoms with E-state index in [1.165, 1.54) is 0 Å². The minimum absolute atomic E-state index is 0.608. The van der Waals surface area contributed by atoms with Gasteiger partial charge in [-0.3, -0.25) is 4.98 Å². The molecule has 0 saturated carbocycles. The lowest BCUT2D eigenvalue weighted by Gasteiger charge is -2.10. The Morgan fingerprint density at radius 2 is 2.00 bits per heavy atom. The van der Waals surface area contributed by atoms with Crippen LogP contribution in [0.2, 0.25) is 0 Å². The quantitative estimate of drug-likeness (QED) is 0.806. The summed E-state index contributed by atoms with van der Waals surface area (Å²) < 4.78 is 0. The summed E-state index contributed by atoms with van der Waals surface area (Å²) in [5, 5.41) is 9.20. The molecular weight excluding hydrogens is 212 g/mol. The highest BCUT2D eigenvalue weighted by Crippen LogP contribution is 2.17. The van der Waals surface area contributed by atoms with Crippen LogP contribution in [0, 0.1) is 0 Å². The van der Waals surface area contributed by atoms with Gasteiger partial charge in [0.2, 0.25) is 0 Å². The van der Waals surface area contributed by atoms with E-state index in [1.807, 2.05) is 24.3 Å². The fourth-order valence-corrected chi connectivity index (χ4v) is 1.93. The number of rotatable bonds is 1. The molecule has 3 rings (SSSR count). The van der Waals surface area contributed by atoms with E-state index in [9.17, 15) is 0 Å². The summed E-state index contributed by atoms with van der Waals surface area (Å²) in [6, 6.07) is 10.1. The third-order valence-electron chi connectivity index (χ3n) is 2.85. The van der Waals surface area contributed by atoms with Gasteiger partial charge in [-0.1, -0.05) is 12.1 Å². The van der Waals surface area contributed by atoms with Crippen LogP contribution in [-0.2, 0) is 0 Å². The van der Waals surface area contributed by atoms with Gasteiger partial charge in [0.1, 0.15) is 5.84 Å². The Hall–Kier alpha value is -2.23. The molecule has 2 aromatic rings. The molecule has 0 amide bonds. The Morgan fingerprint density at radius 1 is 1.06 bits per heavy atom. The van der Waals surface area contributed by atoms with E-state index >= 15 is 0 Å². The molecule has 1 aliphatic heterocycles. The molecule has 0 aliphatic carbocycles. The third kappa shape index (κ3) is 1.89. The first-order valence-corrected chi connectivity index (χ1v) is 5.57. The summed E-state index contributed by atoms with van der Waals surface area (Å²) in [7, 11) is 0. The van der Waals surface area contributed by atoms with E-state index in [0.29, 0.717) is 5.84 Å². The summed E-state index contributed by atoms with van der Waals surface area (Å²) >= 11 is 0. The molecule has 0 atom stereocenters. The zero-order chi connectivity index (χ0) is 11.7. The largest absolute Gasteiger partial charge is 0.386 e. The lowest BCUT2D eigenvalue weighted by Crippen LogP contribution is -2.17. The van der Waals surface area contributed by atoms with Crippen molar-refractivity contribution >= 4 is 22.5 Å². The summed E-state index contributed by atoms with van der Waals surface area (Å²) in [6.45, 7) is 0. The molecule has 1 aliphatic rings. The maximum absolute atomic E-state index is 5.60. The van der Waals surface area contributed by atoms with Crippen molar-refractivity contribution in [3.05, 3.63) is 42.1 Å². The van der Waals surface area contributed by atoms with Crippen molar-refractivity contribution in [2.24, 2.45) is 15.9 Å². The Bertz CT molecular complexity index is 628. The number of hydrogen-bond acceptors (Lipinski definition) is 4. The molecular formula is C13H12N4. The van der Waals surface area contributed by atoms with Gasteiger partial charge in [-0.15, -0.1) is 5.10 Å². The van der Waals surface area contributed by atoms with Gasteiger partial charge in [0.15, 0.2) is 0 Å². The Labute approximate surface area is 98.9 Å². The summed E-state index contributed by atoms with van der Waals surface area (Å²) in [6.07, 6.45) is 3.43. The number of pyridine rings is 1. The summed E-state index contributed by atoms with van der Waals surface area (Å²) in [4.78, 5) is 4.29. The number of benzene rings is 1. The van der Waals surface area contributed by atoms with Crippen molar-refractivity contribution in [2.75, 3.05) is 0 Å². The van der Waals surface area contributed by atoms with E-state index in [2.05, 4.69) is 21.3 Å². The second-order valence-corrected chi connectivity index (χ2v) is 4.05. The Morgan fingerprint density at radius 3 is 2.82 bits per heavy atom. The highest BCUT2D eigenvalue weighted by atomic mass is 15.2. The number of amidine groups is 1. The monoisotopic (exact) mass is 224 g/mol. The zero-order valence-corrected chi connectivity index (χ0v) is 9.30. The van der Waals surface area contributed by atoms with Crippen molar-refractivity contribution in [2.45, 2.75) is 12.8 Å². The Balaban J connectivity index is 2.07. The molecule has 1 aromatic carbocycles. The van der Waals surface area contributed by atoms with Gasteiger partial charge < -0.3 is 5.73 Å². The fraction of sp³-hybridized carbons (Fsp3) is 0.154. The van der Waals surface area contributed by atoms with E-state index in [1.54, 1.807) is 6.20 Å². The summed E-state index contributed by atoms with van der Waals surface area (Å²) in [5.41, 5.74) is 8.68. The van der Waals surface area contributed by atoms with Gasteiger partial charge in [-0.05, 0) is 30.2 Å². The smallest absolute Gasteiger partial charge is 0.122 e.